The first-order valence-corrected chi connectivity index (χ1v) is 7.03. The molecular formula is C17H19ClO2. The van der Waals surface area contributed by atoms with Crippen molar-refractivity contribution in [3.63, 3.8) is 0 Å². The summed E-state index contributed by atoms with van der Waals surface area (Å²) in [6.07, 6.45) is 0. The molecule has 0 aromatic heterocycles. The fourth-order valence-electron chi connectivity index (χ4n) is 1.97. The molecule has 0 saturated carbocycles. The molecule has 3 heteroatoms. The van der Waals surface area contributed by atoms with E-state index in [-0.39, 0.29) is 0 Å². The fraction of sp³-hybridized carbons (Fsp3) is 0.294. The van der Waals surface area contributed by atoms with E-state index < -0.39 is 0 Å². The van der Waals surface area contributed by atoms with E-state index in [1.807, 2.05) is 24.3 Å². The van der Waals surface area contributed by atoms with Crippen LogP contribution in [0.25, 0.3) is 0 Å². The van der Waals surface area contributed by atoms with Crippen LogP contribution in [0.1, 0.15) is 30.9 Å². The lowest BCUT2D eigenvalue weighted by atomic mass is 10.0. The Labute approximate surface area is 125 Å². The molecule has 0 saturated heterocycles. The Kier molecular flexibility index (Phi) is 4.91. The van der Waals surface area contributed by atoms with Crippen molar-refractivity contribution in [1.82, 2.24) is 0 Å². The number of benzene rings is 2. The van der Waals surface area contributed by atoms with Crippen molar-refractivity contribution in [3.8, 4) is 11.5 Å². The van der Waals surface area contributed by atoms with Crippen LogP contribution in [0.2, 0.25) is 5.02 Å². The zero-order valence-electron chi connectivity index (χ0n) is 12.0. The van der Waals surface area contributed by atoms with Gasteiger partial charge in [-0.25, -0.2) is 0 Å². The molecule has 0 unspecified atom stereocenters. The third-order valence-corrected chi connectivity index (χ3v) is 3.42. The molecule has 106 valence electrons. The Bertz CT molecular complexity index is 562. The Hall–Kier alpha value is -1.67. The van der Waals surface area contributed by atoms with E-state index in [0.29, 0.717) is 17.5 Å². The van der Waals surface area contributed by atoms with Gasteiger partial charge in [-0.15, -0.1) is 0 Å². The zero-order valence-corrected chi connectivity index (χ0v) is 12.8. The Morgan fingerprint density at radius 2 is 1.75 bits per heavy atom. The quantitative estimate of drug-likeness (QED) is 0.767. The molecule has 0 N–H and O–H groups in total. The molecule has 2 aromatic rings. The van der Waals surface area contributed by atoms with Crippen LogP contribution >= 0.6 is 11.6 Å². The highest BCUT2D eigenvalue weighted by atomic mass is 35.5. The topological polar surface area (TPSA) is 18.5 Å². The summed E-state index contributed by atoms with van der Waals surface area (Å²) in [5, 5.41) is 0.680. The molecule has 0 bridgehead atoms. The van der Waals surface area contributed by atoms with E-state index in [4.69, 9.17) is 21.1 Å². The summed E-state index contributed by atoms with van der Waals surface area (Å²) in [6.45, 7) is 4.78. The van der Waals surface area contributed by atoms with Gasteiger partial charge in [0.05, 0.1) is 7.11 Å². The minimum Gasteiger partial charge on any atom is -0.496 e. The van der Waals surface area contributed by atoms with Gasteiger partial charge < -0.3 is 9.47 Å². The Morgan fingerprint density at radius 3 is 2.35 bits per heavy atom. The molecule has 20 heavy (non-hydrogen) atoms. The summed E-state index contributed by atoms with van der Waals surface area (Å²) in [6, 6.07) is 13.7. The number of rotatable bonds is 5. The molecule has 0 aliphatic carbocycles. The fourth-order valence-corrected chi connectivity index (χ4v) is 2.16. The van der Waals surface area contributed by atoms with E-state index in [9.17, 15) is 0 Å². The van der Waals surface area contributed by atoms with Crippen LogP contribution < -0.4 is 9.47 Å². The molecule has 0 aliphatic heterocycles. The third-order valence-electron chi connectivity index (χ3n) is 3.18. The lowest BCUT2D eigenvalue weighted by Gasteiger charge is -2.11. The highest BCUT2D eigenvalue weighted by molar-refractivity contribution is 6.30. The van der Waals surface area contributed by atoms with Crippen molar-refractivity contribution < 1.29 is 9.47 Å². The average molecular weight is 291 g/mol. The van der Waals surface area contributed by atoms with Gasteiger partial charge in [0.1, 0.15) is 18.1 Å². The molecule has 0 radical (unpaired) electrons. The summed E-state index contributed by atoms with van der Waals surface area (Å²) in [5.74, 6) is 2.15. The van der Waals surface area contributed by atoms with E-state index in [1.54, 1.807) is 13.2 Å². The summed E-state index contributed by atoms with van der Waals surface area (Å²) in [4.78, 5) is 0. The van der Waals surface area contributed by atoms with Crippen LogP contribution in [-0.4, -0.2) is 7.11 Å². The van der Waals surface area contributed by atoms with E-state index in [1.165, 1.54) is 5.56 Å². The van der Waals surface area contributed by atoms with Crippen molar-refractivity contribution >= 4 is 11.6 Å². The highest BCUT2D eigenvalue weighted by Crippen LogP contribution is 2.25. The maximum atomic E-state index is 6.00. The van der Waals surface area contributed by atoms with Gasteiger partial charge in [-0.3, -0.25) is 0 Å². The zero-order chi connectivity index (χ0) is 14.5. The first-order valence-electron chi connectivity index (χ1n) is 6.65. The molecule has 2 rings (SSSR count). The van der Waals surface area contributed by atoms with Crippen molar-refractivity contribution in [2.75, 3.05) is 7.11 Å². The Balaban J connectivity index is 2.06. The van der Waals surface area contributed by atoms with Crippen LogP contribution in [0.4, 0.5) is 0 Å². The van der Waals surface area contributed by atoms with E-state index in [2.05, 4.69) is 26.0 Å². The lowest BCUT2D eigenvalue weighted by Crippen LogP contribution is -1.99. The van der Waals surface area contributed by atoms with Gasteiger partial charge in [0, 0.05) is 10.6 Å². The smallest absolute Gasteiger partial charge is 0.125 e. The van der Waals surface area contributed by atoms with Gasteiger partial charge in [-0.1, -0.05) is 37.6 Å². The van der Waals surface area contributed by atoms with E-state index >= 15 is 0 Å². The van der Waals surface area contributed by atoms with Gasteiger partial charge >= 0.3 is 0 Å². The van der Waals surface area contributed by atoms with E-state index in [0.717, 1.165) is 17.1 Å². The molecule has 0 fully saturated rings. The van der Waals surface area contributed by atoms with Gasteiger partial charge in [0.25, 0.3) is 0 Å². The SMILES string of the molecule is COc1ccc(Cl)cc1COc1ccc(C(C)C)cc1. The summed E-state index contributed by atoms with van der Waals surface area (Å²) in [5.41, 5.74) is 2.24. The van der Waals surface area contributed by atoms with Gasteiger partial charge in [0.2, 0.25) is 0 Å². The van der Waals surface area contributed by atoms with Crippen LogP contribution in [0.3, 0.4) is 0 Å². The maximum Gasteiger partial charge on any atom is 0.125 e. The van der Waals surface area contributed by atoms with Gasteiger partial charge in [0.15, 0.2) is 0 Å². The molecule has 0 amide bonds. The predicted molar refractivity (Wildman–Crippen MR) is 82.9 cm³/mol. The summed E-state index contributed by atoms with van der Waals surface area (Å²) >= 11 is 6.00. The summed E-state index contributed by atoms with van der Waals surface area (Å²) < 4.78 is 11.1. The number of hydrogen-bond acceptors (Lipinski definition) is 2. The number of halogens is 1. The van der Waals surface area contributed by atoms with Crippen molar-refractivity contribution in [2.24, 2.45) is 0 Å². The van der Waals surface area contributed by atoms with Gasteiger partial charge in [-0.05, 0) is 41.8 Å². The minimum atomic E-state index is 0.435. The molecule has 0 atom stereocenters. The largest absolute Gasteiger partial charge is 0.496 e. The van der Waals surface area contributed by atoms with Crippen LogP contribution in [0, 0.1) is 0 Å². The van der Waals surface area contributed by atoms with Crippen molar-refractivity contribution in [2.45, 2.75) is 26.4 Å². The second-order valence-corrected chi connectivity index (χ2v) is 5.41. The van der Waals surface area contributed by atoms with Crippen molar-refractivity contribution in [1.29, 1.82) is 0 Å². The standard InChI is InChI=1S/C17H19ClO2/c1-12(2)13-4-7-16(8-5-13)20-11-14-10-15(18)6-9-17(14)19-3/h4-10,12H,11H2,1-3H3. The molecule has 0 spiro atoms. The second-order valence-electron chi connectivity index (χ2n) is 4.97. The molecular weight excluding hydrogens is 272 g/mol. The first kappa shape index (κ1) is 14.7. The lowest BCUT2D eigenvalue weighted by molar-refractivity contribution is 0.296. The van der Waals surface area contributed by atoms with Crippen molar-refractivity contribution in [3.05, 3.63) is 58.6 Å². The monoisotopic (exact) mass is 290 g/mol. The number of methoxy groups -OCH3 is 1. The normalized spacial score (nSPS) is 10.7. The number of hydrogen-bond donors (Lipinski definition) is 0. The predicted octanol–water partition coefficient (Wildman–Crippen LogP) is 5.05. The highest BCUT2D eigenvalue weighted by Gasteiger charge is 2.05. The van der Waals surface area contributed by atoms with Crippen LogP contribution in [0.15, 0.2) is 42.5 Å². The first-order chi connectivity index (χ1) is 9.60. The third kappa shape index (κ3) is 3.67. The molecule has 0 heterocycles. The molecule has 2 aromatic carbocycles. The number of ether oxygens (including phenoxy) is 2. The van der Waals surface area contributed by atoms with Gasteiger partial charge in [-0.2, -0.15) is 0 Å². The Morgan fingerprint density at radius 1 is 1.05 bits per heavy atom. The van der Waals surface area contributed by atoms with Crippen LogP contribution in [0.5, 0.6) is 11.5 Å². The molecule has 0 aliphatic rings. The molecule has 2 nitrogen and oxygen atoms in total. The van der Waals surface area contributed by atoms with Crippen LogP contribution in [-0.2, 0) is 6.61 Å². The average Bonchev–Trinajstić information content (AvgIpc) is 2.45. The second kappa shape index (κ2) is 6.67. The minimum absolute atomic E-state index is 0.435. The summed E-state index contributed by atoms with van der Waals surface area (Å²) in [7, 11) is 1.64. The maximum absolute atomic E-state index is 6.00.